The standard InChI is InChI=1S/C31H37NO3/c1-22-15-24(7-9-27(22)11-14-31(34)12-5-4-6-13-31)17-25-8-10-29(23(2)16-25)28-18-26(20-32-21-28)19-30(33)35-3/h7-10,15-16,18,20-21,34H,4-6,11-14,17,19H2,1-3H3. The van der Waals surface area contributed by atoms with Crippen molar-refractivity contribution in [2.45, 2.75) is 77.2 Å². The van der Waals surface area contributed by atoms with Gasteiger partial charge in [0, 0.05) is 18.0 Å². The third-order valence-electron chi connectivity index (χ3n) is 7.43. The quantitative estimate of drug-likeness (QED) is 0.392. The largest absolute Gasteiger partial charge is 0.469 e. The Morgan fingerprint density at radius 1 is 0.943 bits per heavy atom. The number of ether oxygens (including phenoxy) is 1. The summed E-state index contributed by atoms with van der Waals surface area (Å²) in [6.07, 6.45) is 11.9. The van der Waals surface area contributed by atoms with E-state index >= 15 is 0 Å². The smallest absolute Gasteiger partial charge is 0.310 e. The molecular weight excluding hydrogens is 434 g/mol. The highest BCUT2D eigenvalue weighted by molar-refractivity contribution is 5.74. The van der Waals surface area contributed by atoms with Crippen LogP contribution in [0, 0.1) is 13.8 Å². The molecule has 1 saturated carbocycles. The molecule has 3 aromatic rings. The van der Waals surface area contributed by atoms with Crippen LogP contribution in [-0.2, 0) is 28.8 Å². The van der Waals surface area contributed by atoms with Gasteiger partial charge in [0.15, 0.2) is 0 Å². The molecule has 1 N–H and O–H groups in total. The minimum absolute atomic E-state index is 0.225. The van der Waals surface area contributed by atoms with Gasteiger partial charge in [0.25, 0.3) is 0 Å². The molecule has 1 fully saturated rings. The number of nitrogens with zero attached hydrogens (tertiary/aromatic N) is 1. The second-order valence-corrected chi connectivity index (χ2v) is 10.2. The van der Waals surface area contributed by atoms with Crippen LogP contribution in [0.3, 0.4) is 0 Å². The van der Waals surface area contributed by atoms with Gasteiger partial charge in [-0.2, -0.15) is 0 Å². The molecule has 0 radical (unpaired) electrons. The molecular formula is C31H37NO3. The van der Waals surface area contributed by atoms with Crippen LogP contribution >= 0.6 is 0 Å². The number of hydrogen-bond donors (Lipinski definition) is 1. The molecule has 35 heavy (non-hydrogen) atoms. The van der Waals surface area contributed by atoms with Crippen LogP contribution in [0.2, 0.25) is 0 Å². The van der Waals surface area contributed by atoms with Gasteiger partial charge in [-0.25, -0.2) is 0 Å². The summed E-state index contributed by atoms with van der Waals surface area (Å²) in [5.41, 5.74) is 8.94. The van der Waals surface area contributed by atoms with E-state index in [1.807, 2.05) is 12.3 Å². The van der Waals surface area contributed by atoms with E-state index in [1.165, 1.54) is 41.3 Å². The van der Waals surface area contributed by atoms with Crippen molar-refractivity contribution in [2.24, 2.45) is 0 Å². The minimum Gasteiger partial charge on any atom is -0.469 e. The fourth-order valence-electron chi connectivity index (χ4n) is 5.34. The Morgan fingerprint density at radius 3 is 2.34 bits per heavy atom. The second kappa shape index (κ2) is 11.2. The summed E-state index contributed by atoms with van der Waals surface area (Å²) in [4.78, 5) is 15.9. The van der Waals surface area contributed by atoms with Crippen molar-refractivity contribution in [1.29, 1.82) is 0 Å². The normalized spacial score (nSPS) is 15.1. The Hall–Kier alpha value is -2.98. The molecule has 4 heteroatoms. The minimum atomic E-state index is -0.461. The van der Waals surface area contributed by atoms with Crippen LogP contribution in [0.15, 0.2) is 54.9 Å². The lowest BCUT2D eigenvalue weighted by molar-refractivity contribution is -0.139. The Bertz CT molecular complexity index is 1180. The fraction of sp³-hybridized carbons (Fsp3) is 0.419. The average molecular weight is 472 g/mol. The zero-order valence-electron chi connectivity index (χ0n) is 21.3. The van der Waals surface area contributed by atoms with Crippen LogP contribution in [0.5, 0.6) is 0 Å². The maximum Gasteiger partial charge on any atom is 0.310 e. The number of carbonyl (C=O) groups is 1. The number of esters is 1. The van der Waals surface area contributed by atoms with Gasteiger partial charge >= 0.3 is 5.97 Å². The zero-order chi connectivity index (χ0) is 24.8. The highest BCUT2D eigenvalue weighted by Crippen LogP contribution is 2.32. The van der Waals surface area contributed by atoms with Gasteiger partial charge in [-0.3, -0.25) is 9.78 Å². The van der Waals surface area contributed by atoms with E-state index in [4.69, 9.17) is 4.74 Å². The molecule has 0 unspecified atom stereocenters. The van der Waals surface area contributed by atoms with Crippen LogP contribution in [0.1, 0.15) is 71.9 Å². The molecule has 1 aliphatic carbocycles. The molecule has 1 heterocycles. The van der Waals surface area contributed by atoms with Gasteiger partial charge < -0.3 is 9.84 Å². The van der Waals surface area contributed by atoms with Crippen molar-refractivity contribution in [3.8, 4) is 11.1 Å². The van der Waals surface area contributed by atoms with E-state index < -0.39 is 5.60 Å². The van der Waals surface area contributed by atoms with Crippen LogP contribution < -0.4 is 0 Å². The summed E-state index contributed by atoms with van der Waals surface area (Å²) in [6.45, 7) is 4.31. The number of aryl methyl sites for hydroxylation is 3. The van der Waals surface area contributed by atoms with Crippen LogP contribution in [-0.4, -0.2) is 28.8 Å². The maximum atomic E-state index is 11.6. The van der Waals surface area contributed by atoms with E-state index in [1.54, 1.807) is 6.20 Å². The van der Waals surface area contributed by atoms with Gasteiger partial charge in [0.05, 0.1) is 19.1 Å². The summed E-state index contributed by atoms with van der Waals surface area (Å²) >= 11 is 0. The fourth-order valence-corrected chi connectivity index (χ4v) is 5.34. The first kappa shape index (κ1) is 25.1. The Morgan fingerprint density at radius 2 is 1.66 bits per heavy atom. The lowest BCUT2D eigenvalue weighted by atomic mass is 9.80. The van der Waals surface area contributed by atoms with Crippen molar-refractivity contribution in [1.82, 2.24) is 4.98 Å². The van der Waals surface area contributed by atoms with E-state index in [9.17, 15) is 9.90 Å². The topological polar surface area (TPSA) is 59.4 Å². The summed E-state index contributed by atoms with van der Waals surface area (Å²) in [7, 11) is 1.40. The molecule has 4 rings (SSSR count). The molecule has 184 valence electrons. The Labute approximate surface area is 209 Å². The monoisotopic (exact) mass is 471 g/mol. The molecule has 0 saturated heterocycles. The summed E-state index contributed by atoms with van der Waals surface area (Å²) in [5, 5.41) is 10.8. The van der Waals surface area contributed by atoms with Gasteiger partial charge in [-0.1, -0.05) is 55.7 Å². The summed E-state index contributed by atoms with van der Waals surface area (Å²) in [5.74, 6) is -0.262. The van der Waals surface area contributed by atoms with Gasteiger partial charge in [-0.05, 0) is 91.0 Å². The van der Waals surface area contributed by atoms with Crippen molar-refractivity contribution >= 4 is 5.97 Å². The summed E-state index contributed by atoms with van der Waals surface area (Å²) in [6, 6.07) is 15.4. The lowest BCUT2D eigenvalue weighted by Crippen LogP contribution is -2.31. The van der Waals surface area contributed by atoms with E-state index in [2.05, 4.69) is 55.2 Å². The van der Waals surface area contributed by atoms with E-state index in [0.29, 0.717) is 0 Å². The van der Waals surface area contributed by atoms with E-state index in [-0.39, 0.29) is 12.4 Å². The van der Waals surface area contributed by atoms with Crippen LogP contribution in [0.25, 0.3) is 11.1 Å². The molecule has 4 nitrogen and oxygen atoms in total. The highest BCUT2D eigenvalue weighted by atomic mass is 16.5. The van der Waals surface area contributed by atoms with Crippen molar-refractivity contribution < 1.29 is 14.6 Å². The molecule has 0 atom stereocenters. The maximum absolute atomic E-state index is 11.6. The predicted octanol–water partition coefficient (Wildman–Crippen LogP) is 6.30. The molecule has 0 bridgehead atoms. The van der Waals surface area contributed by atoms with Gasteiger partial charge in [0.1, 0.15) is 0 Å². The second-order valence-electron chi connectivity index (χ2n) is 10.2. The number of aromatic nitrogens is 1. The first-order valence-corrected chi connectivity index (χ1v) is 12.8. The van der Waals surface area contributed by atoms with E-state index in [0.717, 1.165) is 61.6 Å². The van der Waals surface area contributed by atoms with Crippen molar-refractivity contribution in [3.63, 3.8) is 0 Å². The predicted molar refractivity (Wildman–Crippen MR) is 140 cm³/mol. The molecule has 0 amide bonds. The van der Waals surface area contributed by atoms with Crippen molar-refractivity contribution in [2.75, 3.05) is 7.11 Å². The number of methoxy groups -OCH3 is 1. The number of rotatable bonds is 8. The number of benzene rings is 2. The molecule has 1 aliphatic rings. The third kappa shape index (κ3) is 6.58. The Balaban J connectivity index is 1.43. The van der Waals surface area contributed by atoms with Crippen molar-refractivity contribution in [3.05, 3.63) is 88.2 Å². The third-order valence-corrected chi connectivity index (χ3v) is 7.43. The SMILES string of the molecule is COC(=O)Cc1cncc(-c2ccc(Cc3ccc(CCC4(O)CCCCC4)c(C)c3)cc2C)c1. The average Bonchev–Trinajstić information content (AvgIpc) is 2.84. The first-order chi connectivity index (χ1) is 16.8. The Kier molecular flexibility index (Phi) is 8.02. The van der Waals surface area contributed by atoms with Gasteiger partial charge in [-0.15, -0.1) is 0 Å². The van der Waals surface area contributed by atoms with Crippen LogP contribution in [0.4, 0.5) is 0 Å². The summed E-state index contributed by atoms with van der Waals surface area (Å²) < 4.78 is 4.78. The number of pyridine rings is 1. The molecule has 0 aliphatic heterocycles. The number of aliphatic hydroxyl groups is 1. The molecule has 1 aromatic heterocycles. The number of hydrogen-bond acceptors (Lipinski definition) is 4. The molecule has 2 aromatic carbocycles. The lowest BCUT2D eigenvalue weighted by Gasteiger charge is -2.32. The zero-order valence-corrected chi connectivity index (χ0v) is 21.3. The number of carbonyl (C=O) groups excluding carboxylic acids is 1. The highest BCUT2D eigenvalue weighted by Gasteiger charge is 2.28. The first-order valence-electron chi connectivity index (χ1n) is 12.8. The molecule has 0 spiro atoms. The van der Waals surface area contributed by atoms with Gasteiger partial charge in [0.2, 0.25) is 0 Å².